The Morgan fingerprint density at radius 1 is 1.04 bits per heavy atom. The number of aryl methyl sites for hydroxylation is 2. The average Bonchev–Trinajstić information content (AvgIpc) is 3.31. The van der Waals surface area contributed by atoms with Gasteiger partial charge in [-0.1, -0.05) is 0 Å². The Bertz CT molecular complexity index is 795. The van der Waals surface area contributed by atoms with Crippen molar-refractivity contribution >= 4 is 11.7 Å². The Balaban J connectivity index is 1.52. The molecule has 26 heavy (non-hydrogen) atoms. The molecular formula is C19H26N6O. The predicted molar refractivity (Wildman–Crippen MR) is 99.4 cm³/mol. The van der Waals surface area contributed by atoms with Gasteiger partial charge in [-0.2, -0.15) is 5.10 Å². The molecule has 2 aromatic rings. The molecule has 2 fully saturated rings. The van der Waals surface area contributed by atoms with Gasteiger partial charge in [0, 0.05) is 37.9 Å². The third-order valence-corrected chi connectivity index (χ3v) is 5.38. The van der Waals surface area contributed by atoms with Crippen LogP contribution in [0.25, 0.3) is 5.82 Å². The number of hydrogen-bond acceptors (Lipinski definition) is 5. The zero-order valence-corrected chi connectivity index (χ0v) is 15.6. The molecule has 0 radical (unpaired) electrons. The third kappa shape index (κ3) is 3.30. The molecule has 0 aliphatic carbocycles. The van der Waals surface area contributed by atoms with Crippen LogP contribution in [-0.4, -0.2) is 56.7 Å². The Hall–Kier alpha value is -2.44. The van der Waals surface area contributed by atoms with E-state index in [9.17, 15) is 4.79 Å². The van der Waals surface area contributed by atoms with Gasteiger partial charge < -0.3 is 9.80 Å². The van der Waals surface area contributed by atoms with E-state index in [0.29, 0.717) is 5.91 Å². The van der Waals surface area contributed by atoms with Gasteiger partial charge in [-0.25, -0.2) is 14.6 Å². The van der Waals surface area contributed by atoms with Gasteiger partial charge in [-0.05, 0) is 45.6 Å². The van der Waals surface area contributed by atoms with Gasteiger partial charge in [0.2, 0.25) is 5.91 Å². The van der Waals surface area contributed by atoms with Crippen molar-refractivity contribution in [1.82, 2.24) is 24.6 Å². The Morgan fingerprint density at radius 3 is 2.54 bits per heavy atom. The highest BCUT2D eigenvalue weighted by Gasteiger charge is 2.31. The molecular weight excluding hydrogens is 328 g/mol. The smallest absolute Gasteiger partial charge is 0.227 e. The molecule has 0 saturated carbocycles. The van der Waals surface area contributed by atoms with Gasteiger partial charge in [-0.15, -0.1) is 0 Å². The lowest BCUT2D eigenvalue weighted by molar-refractivity contribution is -0.134. The highest BCUT2D eigenvalue weighted by molar-refractivity contribution is 5.80. The van der Waals surface area contributed by atoms with Gasteiger partial charge >= 0.3 is 0 Å². The van der Waals surface area contributed by atoms with E-state index in [1.165, 1.54) is 0 Å². The summed E-state index contributed by atoms with van der Waals surface area (Å²) in [4.78, 5) is 25.9. The maximum Gasteiger partial charge on any atom is 0.227 e. The number of anilines is 1. The SMILES string of the molecule is Cc1cc(C)n(-c2cc(N3CCCC(C(=O)N4CCCC4)C3)ncn2)n1. The maximum atomic E-state index is 12.8. The van der Waals surface area contributed by atoms with Gasteiger partial charge in [0.15, 0.2) is 5.82 Å². The number of piperidine rings is 1. The molecule has 0 N–H and O–H groups in total. The van der Waals surface area contributed by atoms with Crippen molar-refractivity contribution in [2.24, 2.45) is 5.92 Å². The number of hydrogen-bond donors (Lipinski definition) is 0. The normalized spacial score (nSPS) is 20.6. The first-order valence-corrected chi connectivity index (χ1v) is 9.51. The van der Waals surface area contributed by atoms with Gasteiger partial charge in [-0.3, -0.25) is 4.79 Å². The molecule has 4 heterocycles. The first-order chi connectivity index (χ1) is 12.6. The maximum absolute atomic E-state index is 12.8. The number of rotatable bonds is 3. The molecule has 0 aromatic carbocycles. The molecule has 1 atom stereocenters. The van der Waals surface area contributed by atoms with Crippen LogP contribution in [0.5, 0.6) is 0 Å². The van der Waals surface area contributed by atoms with Crippen molar-refractivity contribution in [2.75, 3.05) is 31.1 Å². The van der Waals surface area contributed by atoms with Gasteiger partial charge in [0.05, 0.1) is 11.6 Å². The van der Waals surface area contributed by atoms with Crippen molar-refractivity contribution in [3.63, 3.8) is 0 Å². The fourth-order valence-electron chi connectivity index (χ4n) is 4.07. The van der Waals surface area contributed by atoms with E-state index in [2.05, 4.69) is 20.0 Å². The van der Waals surface area contributed by atoms with E-state index in [1.54, 1.807) is 6.33 Å². The van der Waals surface area contributed by atoms with E-state index < -0.39 is 0 Å². The highest BCUT2D eigenvalue weighted by atomic mass is 16.2. The first-order valence-electron chi connectivity index (χ1n) is 9.51. The van der Waals surface area contributed by atoms with E-state index in [4.69, 9.17) is 0 Å². The molecule has 2 aliphatic heterocycles. The largest absolute Gasteiger partial charge is 0.356 e. The molecule has 1 amide bonds. The Morgan fingerprint density at radius 2 is 1.81 bits per heavy atom. The van der Waals surface area contributed by atoms with E-state index in [-0.39, 0.29) is 5.92 Å². The quantitative estimate of drug-likeness (QED) is 0.845. The van der Waals surface area contributed by atoms with Crippen LogP contribution in [0.4, 0.5) is 5.82 Å². The molecule has 2 aliphatic rings. The number of carbonyl (C=O) groups excluding carboxylic acids is 1. The topological polar surface area (TPSA) is 67.2 Å². The van der Waals surface area contributed by atoms with Crippen LogP contribution in [0.1, 0.15) is 37.1 Å². The van der Waals surface area contributed by atoms with E-state index in [1.807, 2.05) is 35.6 Å². The third-order valence-electron chi connectivity index (χ3n) is 5.38. The molecule has 7 heteroatoms. The molecule has 2 aromatic heterocycles. The molecule has 2 saturated heterocycles. The molecule has 0 spiro atoms. The van der Waals surface area contributed by atoms with Crippen LogP contribution in [-0.2, 0) is 4.79 Å². The highest BCUT2D eigenvalue weighted by Crippen LogP contribution is 2.25. The molecule has 138 valence electrons. The van der Waals surface area contributed by atoms with Crippen molar-refractivity contribution < 1.29 is 4.79 Å². The lowest BCUT2D eigenvalue weighted by Gasteiger charge is -2.34. The first kappa shape index (κ1) is 17.0. The van der Waals surface area contributed by atoms with Crippen LogP contribution < -0.4 is 4.90 Å². The number of carbonyl (C=O) groups is 1. The molecule has 0 bridgehead atoms. The summed E-state index contributed by atoms with van der Waals surface area (Å²) in [7, 11) is 0. The second-order valence-electron chi connectivity index (χ2n) is 7.39. The molecule has 4 rings (SSSR count). The molecule has 7 nitrogen and oxygen atoms in total. The standard InChI is InChI=1S/C19H26N6O/c1-14-10-15(2)25(22-14)18-11-17(20-13-21-18)24-9-5-6-16(12-24)19(26)23-7-3-4-8-23/h10-11,13,16H,3-9,12H2,1-2H3. The summed E-state index contributed by atoms with van der Waals surface area (Å²) in [5.41, 5.74) is 2.02. The van der Waals surface area contributed by atoms with Crippen molar-refractivity contribution in [1.29, 1.82) is 0 Å². The van der Waals surface area contributed by atoms with E-state index >= 15 is 0 Å². The van der Waals surface area contributed by atoms with Crippen LogP contribution >= 0.6 is 0 Å². The fraction of sp³-hybridized carbons (Fsp3) is 0.579. The summed E-state index contributed by atoms with van der Waals surface area (Å²) in [6, 6.07) is 4.01. The minimum atomic E-state index is 0.0777. The molecule has 1 unspecified atom stereocenters. The number of aromatic nitrogens is 4. The van der Waals surface area contributed by atoms with Crippen molar-refractivity contribution in [3.05, 3.63) is 29.8 Å². The monoisotopic (exact) mass is 354 g/mol. The Labute approximate surface area is 154 Å². The van der Waals surface area contributed by atoms with Crippen LogP contribution in [0, 0.1) is 19.8 Å². The van der Waals surface area contributed by atoms with Crippen LogP contribution in [0.2, 0.25) is 0 Å². The second-order valence-corrected chi connectivity index (χ2v) is 7.39. The number of nitrogens with zero attached hydrogens (tertiary/aromatic N) is 6. The summed E-state index contributed by atoms with van der Waals surface area (Å²) in [6.07, 6.45) is 5.86. The lowest BCUT2D eigenvalue weighted by atomic mass is 9.96. The van der Waals surface area contributed by atoms with Crippen LogP contribution in [0.3, 0.4) is 0 Å². The summed E-state index contributed by atoms with van der Waals surface area (Å²) < 4.78 is 1.84. The zero-order valence-electron chi connectivity index (χ0n) is 15.6. The summed E-state index contributed by atoms with van der Waals surface area (Å²) >= 11 is 0. The van der Waals surface area contributed by atoms with E-state index in [0.717, 1.165) is 74.9 Å². The summed E-state index contributed by atoms with van der Waals surface area (Å²) in [5.74, 6) is 2.05. The Kier molecular flexibility index (Phi) is 4.61. The van der Waals surface area contributed by atoms with Crippen molar-refractivity contribution in [2.45, 2.75) is 39.5 Å². The fourth-order valence-corrected chi connectivity index (χ4v) is 4.07. The van der Waals surface area contributed by atoms with Gasteiger partial charge in [0.1, 0.15) is 12.1 Å². The minimum Gasteiger partial charge on any atom is -0.356 e. The average molecular weight is 354 g/mol. The summed E-state index contributed by atoms with van der Waals surface area (Å²) in [5, 5.41) is 4.51. The minimum absolute atomic E-state index is 0.0777. The second kappa shape index (κ2) is 7.05. The predicted octanol–water partition coefficient (Wildman–Crippen LogP) is 2.12. The number of amides is 1. The van der Waals surface area contributed by atoms with Crippen molar-refractivity contribution in [3.8, 4) is 5.82 Å². The number of likely N-dealkylation sites (tertiary alicyclic amines) is 1. The van der Waals surface area contributed by atoms with Crippen LogP contribution in [0.15, 0.2) is 18.5 Å². The summed E-state index contributed by atoms with van der Waals surface area (Å²) in [6.45, 7) is 7.51. The lowest BCUT2D eigenvalue weighted by Crippen LogP contribution is -2.44. The zero-order chi connectivity index (χ0) is 18.1. The van der Waals surface area contributed by atoms with Gasteiger partial charge in [0.25, 0.3) is 0 Å².